The van der Waals surface area contributed by atoms with Gasteiger partial charge in [0.1, 0.15) is 18.0 Å². The largest absolute Gasteiger partial charge is 0.490 e. The lowest BCUT2D eigenvalue weighted by molar-refractivity contribution is -0.193. The molecule has 0 aromatic carbocycles. The molecule has 0 bridgehead atoms. The lowest BCUT2D eigenvalue weighted by Crippen LogP contribution is -2.51. The first-order valence-electron chi connectivity index (χ1n) is 10.3. The molecule has 1 saturated carbocycles. The average Bonchev–Trinajstić information content (AvgIpc) is 3.45. The Kier molecular flexibility index (Phi) is 10.5. The second-order valence-corrected chi connectivity index (χ2v) is 8.51. The number of halogens is 6. The minimum absolute atomic E-state index is 0.139. The Balaban J connectivity index is 0.000000271. The van der Waals surface area contributed by atoms with Gasteiger partial charge in [-0.2, -0.15) is 26.3 Å². The van der Waals surface area contributed by atoms with Gasteiger partial charge in [-0.25, -0.2) is 9.59 Å². The normalized spacial score (nSPS) is 21.8. The third-order valence-corrected chi connectivity index (χ3v) is 5.86. The summed E-state index contributed by atoms with van der Waals surface area (Å²) in [6, 6.07) is 8.69. The van der Waals surface area contributed by atoms with Crippen molar-refractivity contribution in [3.8, 4) is 5.75 Å². The number of rotatable bonds is 4. The van der Waals surface area contributed by atoms with Gasteiger partial charge in [0.25, 0.3) is 0 Å². The molecule has 2 fully saturated rings. The van der Waals surface area contributed by atoms with Crippen molar-refractivity contribution in [2.24, 2.45) is 0 Å². The molecule has 2 aromatic rings. The van der Waals surface area contributed by atoms with Crippen LogP contribution in [0.4, 0.5) is 26.3 Å². The molecular formula is C21H22F6N2O6S. The molecule has 0 spiro atoms. The summed E-state index contributed by atoms with van der Waals surface area (Å²) in [6.45, 7) is 2.83. The highest BCUT2D eigenvalue weighted by molar-refractivity contribution is 7.09. The van der Waals surface area contributed by atoms with Crippen LogP contribution in [0.5, 0.6) is 5.75 Å². The van der Waals surface area contributed by atoms with E-state index in [0.29, 0.717) is 6.04 Å². The molecule has 0 radical (unpaired) electrons. The van der Waals surface area contributed by atoms with Gasteiger partial charge in [-0.15, -0.1) is 11.3 Å². The number of carboxylic acid groups (broad SMARTS) is 2. The minimum Gasteiger partial charge on any atom is -0.486 e. The first-order valence-corrected chi connectivity index (χ1v) is 11.2. The Bertz CT molecular complexity index is 934. The molecule has 4 rings (SSSR count). The molecule has 15 heteroatoms. The molecule has 2 aromatic heterocycles. The number of hydrogen-bond donors (Lipinski definition) is 2. The van der Waals surface area contributed by atoms with Crippen molar-refractivity contribution in [1.29, 1.82) is 0 Å². The molecule has 200 valence electrons. The van der Waals surface area contributed by atoms with Crippen LogP contribution in [0.2, 0.25) is 0 Å². The second kappa shape index (κ2) is 12.9. The summed E-state index contributed by atoms with van der Waals surface area (Å²) >= 11 is 1.83. The van der Waals surface area contributed by atoms with Crippen LogP contribution < -0.4 is 4.74 Å². The predicted molar refractivity (Wildman–Crippen MR) is 114 cm³/mol. The van der Waals surface area contributed by atoms with Crippen molar-refractivity contribution in [1.82, 2.24) is 9.88 Å². The van der Waals surface area contributed by atoms with E-state index in [-0.39, 0.29) is 12.2 Å². The molecule has 1 aliphatic heterocycles. The standard InChI is InChI=1S/C17H20N2O2S.2C2HF3O2/c1-3-13(11-18-7-1)21-16-6-5-15-17(16)20-9-8-19(15)12-14-4-2-10-22-14;2*3-2(4,5)1(6)7/h1-4,7,10-11,15-17H,5-6,8-9,12H2;2*(H,6,7)/t15-,16+,17+;;/m0../s1. The van der Waals surface area contributed by atoms with Crippen molar-refractivity contribution in [2.45, 2.75) is 50.0 Å². The maximum Gasteiger partial charge on any atom is 0.490 e. The maximum absolute atomic E-state index is 10.6. The fraction of sp³-hybridized carbons (Fsp3) is 0.476. The Morgan fingerprint density at radius 2 is 1.72 bits per heavy atom. The van der Waals surface area contributed by atoms with Crippen LogP contribution in [-0.4, -0.2) is 75.8 Å². The smallest absolute Gasteiger partial charge is 0.486 e. The first kappa shape index (κ1) is 29.3. The predicted octanol–water partition coefficient (Wildman–Crippen LogP) is 4.22. The van der Waals surface area contributed by atoms with Crippen molar-refractivity contribution in [2.75, 3.05) is 13.2 Å². The Morgan fingerprint density at radius 1 is 1.08 bits per heavy atom. The molecule has 1 saturated heterocycles. The molecule has 0 unspecified atom stereocenters. The van der Waals surface area contributed by atoms with Gasteiger partial charge in [-0.3, -0.25) is 9.88 Å². The molecule has 2 aliphatic rings. The highest BCUT2D eigenvalue weighted by atomic mass is 32.1. The highest BCUT2D eigenvalue weighted by Gasteiger charge is 2.44. The Hall–Kier alpha value is -2.91. The van der Waals surface area contributed by atoms with E-state index in [1.807, 2.05) is 23.5 Å². The van der Waals surface area contributed by atoms with Crippen LogP contribution >= 0.6 is 11.3 Å². The van der Waals surface area contributed by atoms with Crippen molar-refractivity contribution in [3.63, 3.8) is 0 Å². The number of morpholine rings is 1. The monoisotopic (exact) mass is 544 g/mol. The number of aliphatic carboxylic acids is 2. The molecule has 36 heavy (non-hydrogen) atoms. The van der Waals surface area contributed by atoms with Crippen LogP contribution in [0.1, 0.15) is 17.7 Å². The lowest BCUT2D eigenvalue weighted by atomic mass is 10.1. The number of hydrogen-bond acceptors (Lipinski definition) is 7. The van der Waals surface area contributed by atoms with Crippen LogP contribution in [-0.2, 0) is 20.9 Å². The molecule has 3 atom stereocenters. The van der Waals surface area contributed by atoms with Gasteiger partial charge in [-0.05, 0) is 36.4 Å². The fourth-order valence-electron chi connectivity index (χ4n) is 3.51. The summed E-state index contributed by atoms with van der Waals surface area (Å²) in [5, 5.41) is 16.4. The van der Waals surface area contributed by atoms with E-state index in [0.717, 1.165) is 38.3 Å². The second-order valence-electron chi connectivity index (χ2n) is 7.48. The summed E-state index contributed by atoms with van der Waals surface area (Å²) in [6.07, 6.45) is -4.12. The average molecular weight is 544 g/mol. The number of aromatic nitrogens is 1. The van der Waals surface area contributed by atoms with E-state index >= 15 is 0 Å². The van der Waals surface area contributed by atoms with Gasteiger partial charge in [0.05, 0.1) is 12.8 Å². The van der Waals surface area contributed by atoms with E-state index in [4.69, 9.17) is 29.3 Å². The van der Waals surface area contributed by atoms with E-state index in [9.17, 15) is 26.3 Å². The Labute approximate surface area is 205 Å². The van der Waals surface area contributed by atoms with Gasteiger partial charge in [-0.1, -0.05) is 6.07 Å². The quantitative estimate of drug-likeness (QED) is 0.551. The van der Waals surface area contributed by atoms with Gasteiger partial charge >= 0.3 is 24.3 Å². The molecule has 0 amide bonds. The minimum atomic E-state index is -5.08. The summed E-state index contributed by atoms with van der Waals surface area (Å²) < 4.78 is 75.6. The van der Waals surface area contributed by atoms with Crippen LogP contribution in [0, 0.1) is 0 Å². The molecule has 8 nitrogen and oxygen atoms in total. The Morgan fingerprint density at radius 3 is 2.22 bits per heavy atom. The number of nitrogens with zero attached hydrogens (tertiary/aromatic N) is 2. The molecule has 3 heterocycles. The number of ether oxygens (including phenoxy) is 2. The fourth-order valence-corrected chi connectivity index (χ4v) is 4.24. The number of pyridine rings is 1. The van der Waals surface area contributed by atoms with Crippen molar-refractivity contribution in [3.05, 3.63) is 46.9 Å². The zero-order chi connectivity index (χ0) is 26.9. The summed E-state index contributed by atoms with van der Waals surface area (Å²) in [7, 11) is 0. The lowest BCUT2D eigenvalue weighted by Gasteiger charge is -2.38. The molecular weight excluding hydrogens is 522 g/mol. The number of carbonyl (C=O) groups is 2. The number of alkyl halides is 6. The van der Waals surface area contributed by atoms with E-state index in [1.54, 1.807) is 12.4 Å². The number of fused-ring (bicyclic) bond motifs is 1. The highest BCUT2D eigenvalue weighted by Crippen LogP contribution is 2.34. The van der Waals surface area contributed by atoms with Crippen LogP contribution in [0.25, 0.3) is 0 Å². The SMILES string of the molecule is O=C(O)C(F)(F)F.O=C(O)C(F)(F)F.c1cncc(O[C@@H]2CC[C@H]3[C@H]2OCCN3Cc2cccs2)c1. The van der Waals surface area contributed by atoms with Gasteiger partial charge in [0, 0.05) is 30.2 Å². The zero-order valence-corrected chi connectivity index (χ0v) is 19.2. The topological polar surface area (TPSA) is 109 Å². The maximum atomic E-state index is 10.6. The zero-order valence-electron chi connectivity index (χ0n) is 18.4. The van der Waals surface area contributed by atoms with Gasteiger partial charge in [0.15, 0.2) is 0 Å². The molecule has 1 aliphatic carbocycles. The van der Waals surface area contributed by atoms with Gasteiger partial charge in [0.2, 0.25) is 0 Å². The number of carboxylic acids is 2. The van der Waals surface area contributed by atoms with E-state index in [1.165, 1.54) is 4.88 Å². The third kappa shape index (κ3) is 9.28. The molecule has 2 N–H and O–H groups in total. The first-order chi connectivity index (χ1) is 16.8. The summed E-state index contributed by atoms with van der Waals surface area (Å²) in [5.74, 6) is -4.67. The van der Waals surface area contributed by atoms with Crippen molar-refractivity contribution >= 4 is 23.3 Å². The number of thiophene rings is 1. The van der Waals surface area contributed by atoms with Crippen LogP contribution in [0.3, 0.4) is 0 Å². The summed E-state index contributed by atoms with van der Waals surface area (Å²) in [5.41, 5.74) is 0. The summed E-state index contributed by atoms with van der Waals surface area (Å²) in [4.78, 5) is 25.9. The van der Waals surface area contributed by atoms with Crippen molar-refractivity contribution < 1.29 is 55.6 Å². The third-order valence-electron chi connectivity index (χ3n) is 5.00. The van der Waals surface area contributed by atoms with Crippen LogP contribution in [0.15, 0.2) is 42.0 Å². The van der Waals surface area contributed by atoms with E-state index in [2.05, 4.69) is 27.4 Å². The van der Waals surface area contributed by atoms with Gasteiger partial charge < -0.3 is 19.7 Å². The van der Waals surface area contributed by atoms with E-state index < -0.39 is 24.3 Å².